The van der Waals surface area contributed by atoms with Gasteiger partial charge in [-0.3, -0.25) is 18.2 Å². The molecule has 0 radical (unpaired) electrons. The summed E-state index contributed by atoms with van der Waals surface area (Å²) >= 11 is 0. The number of hydrogen-bond acceptors (Lipinski definition) is 19. The number of anilines is 2. The molecule has 6 aromatic carbocycles. The van der Waals surface area contributed by atoms with E-state index in [0.29, 0.717) is 16.9 Å². The number of fused-ring (bicyclic) bond motifs is 1. The highest BCUT2D eigenvalue weighted by Gasteiger charge is 2.22. The van der Waals surface area contributed by atoms with Gasteiger partial charge < -0.3 is 5.32 Å². The fraction of sp³-hybridized carbons (Fsp3) is 0.0513. The average molecular weight is 1010 g/mol. The number of nitrogens with zero attached hydrogens (tertiary/aromatic N) is 7. The van der Waals surface area contributed by atoms with E-state index in [1.54, 1.807) is 54.6 Å². The van der Waals surface area contributed by atoms with Crippen molar-refractivity contribution in [2.45, 2.75) is 32.4 Å². The topological polar surface area (TPSA) is 369 Å². The predicted octanol–water partition coefficient (Wildman–Crippen LogP) is 6.76. The minimum absolute atomic E-state index is 0.0292. The van der Waals surface area contributed by atoms with Crippen LogP contribution in [0.15, 0.2) is 167 Å². The zero-order chi connectivity index (χ0) is 48.7. The van der Waals surface area contributed by atoms with Crippen molar-refractivity contribution in [3.05, 3.63) is 150 Å². The molecule has 0 saturated heterocycles. The highest BCUT2D eigenvalue weighted by molar-refractivity contribution is 7.87. The second-order valence-corrected chi connectivity index (χ2v) is 19.6. The van der Waals surface area contributed by atoms with Crippen molar-refractivity contribution in [2.75, 3.05) is 5.32 Å². The van der Waals surface area contributed by atoms with Crippen LogP contribution in [-0.4, -0.2) is 79.5 Å². The highest BCUT2D eigenvalue weighted by atomic mass is 32.2. The Morgan fingerprint density at radius 2 is 0.985 bits per heavy atom. The molecule has 5 N–H and O–H groups in total. The van der Waals surface area contributed by atoms with E-state index in [1.165, 1.54) is 42.5 Å². The molecule has 346 valence electrons. The minimum atomic E-state index is -4.88. The van der Waals surface area contributed by atoms with Gasteiger partial charge in [0.25, 0.3) is 40.5 Å². The third-order valence-electron chi connectivity index (χ3n) is 8.89. The van der Waals surface area contributed by atoms with Gasteiger partial charge >= 0.3 is 10.6 Å². The van der Waals surface area contributed by atoms with Crippen molar-refractivity contribution in [3.8, 4) is 0 Å². The van der Waals surface area contributed by atoms with Gasteiger partial charge in [0.15, 0.2) is 0 Å². The molecule has 0 unspecified atom stereocenters. The molecule has 0 spiro atoms. The summed E-state index contributed by atoms with van der Waals surface area (Å²) in [4.78, 5) is 11.4. The van der Waals surface area contributed by atoms with Gasteiger partial charge in [-0.05, 0) is 90.0 Å². The van der Waals surface area contributed by atoms with Gasteiger partial charge in [-0.1, -0.05) is 48.5 Å². The Balaban J connectivity index is 0.00000178. The maximum Gasteiger partial charge on any atom is 0.425 e. The second-order valence-electron chi connectivity index (χ2n) is 13.6. The summed E-state index contributed by atoms with van der Waals surface area (Å²) in [6.45, 7) is 0. The zero-order valence-electron chi connectivity index (χ0n) is 33.5. The molecular weight excluding hydrogens is 981 g/mol. The third-order valence-corrected chi connectivity index (χ3v) is 12.5. The van der Waals surface area contributed by atoms with E-state index >= 15 is 0 Å². The van der Waals surface area contributed by atoms with Gasteiger partial charge in [0.05, 0.1) is 32.5 Å². The average Bonchev–Trinajstić information content (AvgIpc) is 3.24. The summed E-state index contributed by atoms with van der Waals surface area (Å²) < 4.78 is 161. The van der Waals surface area contributed by atoms with Crippen molar-refractivity contribution >= 4 is 96.2 Å². The van der Waals surface area contributed by atoms with Crippen LogP contribution >= 0.6 is 0 Å². The minimum Gasteiger partial charge on any atom is -0.324 e. The summed E-state index contributed by atoms with van der Waals surface area (Å²) in [7, 11) is -22.1. The van der Waals surface area contributed by atoms with Crippen molar-refractivity contribution < 1.29 is 64.5 Å². The molecule has 0 atom stereocenters. The fourth-order valence-electron chi connectivity index (χ4n) is 6.08. The normalized spacial score (nSPS) is 12.2. The second kappa shape index (κ2) is 20.2. The van der Waals surface area contributed by atoms with E-state index in [4.69, 9.17) is 12.6 Å². The summed E-state index contributed by atoms with van der Waals surface area (Å²) in [6, 6.07) is 29.8. The largest absolute Gasteiger partial charge is 0.425 e. The fourth-order valence-corrected chi connectivity index (χ4v) is 8.72. The summed E-state index contributed by atoms with van der Waals surface area (Å²) in [5.41, 5.74) is 1.79. The Morgan fingerprint density at radius 1 is 0.463 bits per heavy atom. The van der Waals surface area contributed by atoms with E-state index in [1.807, 2.05) is 0 Å². The maximum atomic E-state index is 12.6. The third kappa shape index (κ3) is 13.7. The lowest BCUT2D eigenvalue weighted by molar-refractivity contribution is 0.480. The van der Waals surface area contributed by atoms with Crippen LogP contribution in [0.3, 0.4) is 0 Å². The van der Waals surface area contributed by atoms with E-state index in [-0.39, 0.29) is 68.7 Å². The molecule has 0 amide bonds. The van der Waals surface area contributed by atoms with Crippen LogP contribution in [0.1, 0.15) is 22.8 Å². The molecule has 28 heteroatoms. The molecule has 0 saturated carbocycles. The molecule has 1 aromatic heterocycles. The molecule has 23 nitrogen and oxygen atoms in total. The smallest absolute Gasteiger partial charge is 0.324 e. The molecule has 0 aliphatic carbocycles. The first-order valence-corrected chi connectivity index (χ1v) is 25.1. The number of rotatable bonds is 14. The molecule has 0 aliphatic rings. The first-order valence-electron chi connectivity index (χ1n) is 18.4. The number of aromatic nitrogens is 3. The number of benzene rings is 6. The molecule has 0 bridgehead atoms. The van der Waals surface area contributed by atoms with Crippen LogP contribution in [-0.2, 0) is 63.9 Å². The molecule has 0 fully saturated rings. The van der Waals surface area contributed by atoms with Gasteiger partial charge in [0.1, 0.15) is 21.4 Å². The van der Waals surface area contributed by atoms with E-state index in [0.717, 1.165) is 30.3 Å². The Hall–Kier alpha value is -7.15. The summed E-state index contributed by atoms with van der Waals surface area (Å²) in [6.07, 6.45) is -0.162. The van der Waals surface area contributed by atoms with E-state index in [2.05, 4.69) is 40.7 Å². The first-order chi connectivity index (χ1) is 31.4. The lowest BCUT2D eigenvalue weighted by Crippen LogP contribution is -2.10. The number of nitrogens with one attached hydrogen (secondary N) is 1. The maximum absolute atomic E-state index is 12.6. The van der Waals surface area contributed by atoms with Crippen molar-refractivity contribution in [3.63, 3.8) is 0 Å². The number of hydrogen-bond donors (Lipinski definition) is 5. The Kier molecular flexibility index (Phi) is 14.8. The Morgan fingerprint density at radius 3 is 1.57 bits per heavy atom. The Labute approximate surface area is 382 Å². The van der Waals surface area contributed by atoms with Crippen LogP contribution in [0.5, 0.6) is 0 Å². The lowest BCUT2D eigenvalue weighted by atomic mass is 10.1. The van der Waals surface area contributed by atoms with Crippen molar-refractivity contribution in [1.29, 1.82) is 0 Å². The van der Waals surface area contributed by atoms with Gasteiger partial charge in [0, 0.05) is 29.3 Å². The quantitative estimate of drug-likeness (QED) is 0.0554. The van der Waals surface area contributed by atoms with Crippen LogP contribution in [0.25, 0.3) is 10.8 Å². The number of azo groups is 2. The van der Waals surface area contributed by atoms with E-state index < -0.39 is 65.8 Å². The summed E-state index contributed by atoms with van der Waals surface area (Å²) in [5.74, 6) is 0.207. The highest BCUT2D eigenvalue weighted by Crippen LogP contribution is 2.34. The molecule has 7 rings (SSSR count). The summed E-state index contributed by atoms with van der Waals surface area (Å²) in [5, 5.41) is 18.8. The van der Waals surface area contributed by atoms with Crippen LogP contribution < -0.4 is 5.32 Å². The first kappa shape index (κ1) is 49.3. The van der Waals surface area contributed by atoms with Crippen molar-refractivity contribution in [1.82, 2.24) is 15.0 Å². The SMILES string of the molecule is O=S(=O)(O)c1ccc(Nc2nc(Cc3ccc(N=Nc4cc(S(=O)(=O)O)c5cccc(S(=O)(=O)O)c5c4)cc3)nc(Cc3ccc(N=Nc4ccccc4)cc3S(=O)(=O)O)n2)cc1.O=S(=O)=O. The molecule has 1 heterocycles. The monoisotopic (exact) mass is 1010 g/mol. The zero-order valence-corrected chi connectivity index (χ0v) is 37.6. The molecular formula is C39H30N8O15S5. The molecule has 7 aromatic rings. The van der Waals surface area contributed by atoms with Gasteiger partial charge in [-0.15, -0.1) is 12.6 Å². The van der Waals surface area contributed by atoms with Gasteiger partial charge in [-0.25, -0.2) is 4.98 Å². The molecule has 67 heavy (non-hydrogen) atoms. The predicted molar refractivity (Wildman–Crippen MR) is 236 cm³/mol. The van der Waals surface area contributed by atoms with Crippen LogP contribution in [0.4, 0.5) is 34.4 Å². The Bertz CT molecular complexity index is 3660. The lowest BCUT2D eigenvalue weighted by Gasteiger charge is -2.11. The van der Waals surface area contributed by atoms with E-state index in [9.17, 15) is 51.9 Å². The van der Waals surface area contributed by atoms with Gasteiger partial charge in [-0.2, -0.15) is 64.1 Å². The van der Waals surface area contributed by atoms with Crippen LogP contribution in [0.2, 0.25) is 0 Å². The molecule has 0 aliphatic heterocycles. The van der Waals surface area contributed by atoms with Gasteiger partial charge in [0.2, 0.25) is 5.95 Å². The standard InChI is InChI=1S/C39H30N8O12S4.O3S/c48-60(49,50)31-17-15-26(16-18-31)40-39-42-37(41-38(43-39)20-25-11-14-29(22-35(25)62(54,55)56)46-44-27-5-2-1-3-6-27)19-24-9-12-28(13-10-24)45-47-30-21-33-32(36(23-30)63(57,58)59)7-4-8-34(33)61(51,52)53;1-4(2)3/h1-18,21-23H,19-20H2,(H,48,49,50)(H,51,52,53)(H,54,55,56)(H,57,58,59)(H,40,41,42,43);. The van der Waals surface area contributed by atoms with Crippen molar-refractivity contribution in [2.24, 2.45) is 20.5 Å². The van der Waals surface area contributed by atoms with Crippen LogP contribution in [0, 0.1) is 0 Å².